The molecule has 1 aliphatic carbocycles. The van der Waals surface area contributed by atoms with Gasteiger partial charge in [-0.15, -0.1) is 0 Å². The van der Waals surface area contributed by atoms with Crippen LogP contribution in [0.4, 0.5) is 0 Å². The van der Waals surface area contributed by atoms with Crippen LogP contribution in [-0.4, -0.2) is 35.0 Å². The van der Waals surface area contributed by atoms with Crippen LogP contribution < -0.4 is 10.1 Å². The molecule has 0 bridgehead atoms. The molecule has 1 saturated heterocycles. The van der Waals surface area contributed by atoms with Crippen LogP contribution in [0.25, 0.3) is 0 Å². The average molecular weight is 450 g/mol. The Morgan fingerprint density at radius 3 is 2.67 bits per heavy atom. The number of aromatic nitrogens is 1. The number of hydrogen-bond acceptors (Lipinski definition) is 4. The lowest BCUT2D eigenvalue weighted by molar-refractivity contribution is -0.130. The molecule has 1 amide bonds. The summed E-state index contributed by atoms with van der Waals surface area (Å²) in [7, 11) is 0. The zero-order valence-corrected chi connectivity index (χ0v) is 20.4. The monoisotopic (exact) mass is 449 g/mol. The van der Waals surface area contributed by atoms with Gasteiger partial charge in [-0.05, 0) is 80.8 Å². The second kappa shape index (κ2) is 10.7. The first-order valence-corrected chi connectivity index (χ1v) is 12.6. The van der Waals surface area contributed by atoms with Crippen LogP contribution in [0.5, 0.6) is 5.75 Å². The van der Waals surface area contributed by atoms with E-state index in [0.29, 0.717) is 12.0 Å². The van der Waals surface area contributed by atoms with E-state index in [1.54, 1.807) is 0 Å². The Labute approximate surface area is 198 Å². The summed E-state index contributed by atoms with van der Waals surface area (Å²) in [5, 5.41) is 3.33. The number of benzene rings is 1. The van der Waals surface area contributed by atoms with E-state index in [2.05, 4.69) is 39.5 Å². The Bertz CT molecular complexity index is 903. The van der Waals surface area contributed by atoms with E-state index < -0.39 is 5.41 Å². The summed E-state index contributed by atoms with van der Waals surface area (Å²) < 4.78 is 6.22. The van der Waals surface area contributed by atoms with Gasteiger partial charge in [-0.1, -0.05) is 39.0 Å². The maximum atomic E-state index is 12.9. The van der Waals surface area contributed by atoms with Crippen LogP contribution in [0, 0.1) is 11.3 Å². The van der Waals surface area contributed by atoms with Crippen molar-refractivity contribution in [1.29, 1.82) is 0 Å². The highest BCUT2D eigenvalue weighted by Crippen LogP contribution is 2.31. The van der Waals surface area contributed by atoms with Crippen LogP contribution in [0.3, 0.4) is 0 Å². The number of nitrogens with zero attached hydrogens (tertiary/aromatic N) is 2. The van der Waals surface area contributed by atoms with Crippen molar-refractivity contribution in [3.8, 4) is 5.75 Å². The van der Waals surface area contributed by atoms with Crippen LogP contribution in [0.15, 0.2) is 48.7 Å². The van der Waals surface area contributed by atoms with Crippen molar-refractivity contribution in [3.05, 3.63) is 59.9 Å². The highest BCUT2D eigenvalue weighted by Gasteiger charge is 2.33. The van der Waals surface area contributed by atoms with Crippen molar-refractivity contribution >= 4 is 5.91 Å². The van der Waals surface area contributed by atoms with Gasteiger partial charge in [0, 0.05) is 24.7 Å². The third kappa shape index (κ3) is 6.57. The minimum Gasteiger partial charge on any atom is -0.490 e. The van der Waals surface area contributed by atoms with Gasteiger partial charge in [-0.3, -0.25) is 14.7 Å². The van der Waals surface area contributed by atoms with Gasteiger partial charge >= 0.3 is 0 Å². The molecule has 2 aromatic rings. The van der Waals surface area contributed by atoms with Crippen molar-refractivity contribution in [3.63, 3.8) is 0 Å². The van der Waals surface area contributed by atoms with Gasteiger partial charge in [0.25, 0.3) is 0 Å². The second-order valence-corrected chi connectivity index (χ2v) is 10.8. The number of nitrogens with one attached hydrogen (secondary N) is 1. The van der Waals surface area contributed by atoms with Gasteiger partial charge in [0.05, 0.1) is 17.8 Å². The Kier molecular flexibility index (Phi) is 7.69. The molecule has 1 N–H and O–H groups in total. The van der Waals surface area contributed by atoms with Crippen LogP contribution in [-0.2, 0) is 11.3 Å². The number of hydrogen-bond donors (Lipinski definition) is 1. The Balaban J connectivity index is 1.44. The summed E-state index contributed by atoms with van der Waals surface area (Å²) in [5.74, 6) is 1.40. The molecule has 5 heteroatoms. The average Bonchev–Trinajstić information content (AvgIpc) is 3.31. The maximum Gasteiger partial charge on any atom is 0.225 e. The van der Waals surface area contributed by atoms with Crippen molar-refractivity contribution in [1.82, 2.24) is 15.2 Å². The molecule has 1 saturated carbocycles. The Hall–Kier alpha value is -2.40. The maximum absolute atomic E-state index is 12.9. The second-order valence-electron chi connectivity index (χ2n) is 10.8. The van der Waals surface area contributed by atoms with Crippen LogP contribution >= 0.6 is 0 Å². The lowest BCUT2D eigenvalue weighted by atomic mass is 9.86. The van der Waals surface area contributed by atoms with E-state index >= 15 is 0 Å². The first-order chi connectivity index (χ1) is 15.9. The summed E-state index contributed by atoms with van der Waals surface area (Å²) in [6.45, 7) is 8.81. The molecular formula is C28H39N3O2. The zero-order chi connectivity index (χ0) is 23.3. The fraction of sp³-hybridized carbons (Fsp3) is 0.571. The fourth-order valence-corrected chi connectivity index (χ4v) is 5.03. The normalized spacial score (nSPS) is 21.0. The topological polar surface area (TPSA) is 54.5 Å². The van der Waals surface area contributed by atoms with E-state index in [-0.39, 0.29) is 11.9 Å². The Morgan fingerprint density at radius 1 is 1.12 bits per heavy atom. The minimum atomic E-state index is -0.429. The number of likely N-dealkylation sites (tertiary alicyclic amines) is 1. The molecule has 0 spiro atoms. The van der Waals surface area contributed by atoms with E-state index in [4.69, 9.17) is 4.74 Å². The summed E-state index contributed by atoms with van der Waals surface area (Å²) in [6.07, 6.45) is 9.32. The van der Waals surface area contributed by atoms with Crippen molar-refractivity contribution in [2.45, 2.75) is 78.0 Å². The summed E-state index contributed by atoms with van der Waals surface area (Å²) in [6, 6.07) is 14.5. The molecule has 2 atom stereocenters. The van der Waals surface area contributed by atoms with Crippen molar-refractivity contribution in [2.75, 3.05) is 13.1 Å². The van der Waals surface area contributed by atoms with Gasteiger partial charge in [0.2, 0.25) is 5.91 Å². The summed E-state index contributed by atoms with van der Waals surface area (Å²) in [4.78, 5) is 20.0. The molecule has 2 heterocycles. The Morgan fingerprint density at radius 2 is 1.94 bits per heavy atom. The molecule has 4 rings (SSSR count). The predicted octanol–water partition coefficient (Wildman–Crippen LogP) is 5.52. The minimum absolute atomic E-state index is 0.0715. The lowest BCUT2D eigenvalue weighted by Gasteiger charge is -2.38. The summed E-state index contributed by atoms with van der Waals surface area (Å²) >= 11 is 0. The van der Waals surface area contributed by atoms with Crippen molar-refractivity contribution < 1.29 is 9.53 Å². The number of rotatable bonds is 7. The summed E-state index contributed by atoms with van der Waals surface area (Å²) in [5.41, 5.74) is 1.81. The highest BCUT2D eigenvalue weighted by molar-refractivity contribution is 5.81. The van der Waals surface area contributed by atoms with Crippen molar-refractivity contribution in [2.24, 2.45) is 11.3 Å². The number of piperidine rings is 1. The third-order valence-corrected chi connectivity index (χ3v) is 6.90. The number of pyridine rings is 1. The fourth-order valence-electron chi connectivity index (χ4n) is 5.03. The molecule has 5 nitrogen and oxygen atoms in total. The molecule has 2 fully saturated rings. The quantitative estimate of drug-likeness (QED) is 0.605. The first kappa shape index (κ1) is 23.7. The molecule has 33 heavy (non-hydrogen) atoms. The zero-order valence-electron chi connectivity index (χ0n) is 20.4. The molecular weight excluding hydrogens is 410 g/mol. The van der Waals surface area contributed by atoms with Gasteiger partial charge in [0.15, 0.2) is 0 Å². The van der Waals surface area contributed by atoms with Gasteiger partial charge in [0.1, 0.15) is 5.75 Å². The van der Waals surface area contributed by atoms with Gasteiger partial charge < -0.3 is 10.1 Å². The molecule has 0 radical (unpaired) electrons. The number of carbonyl (C=O) groups excluding carboxylic acids is 1. The third-order valence-electron chi connectivity index (χ3n) is 6.90. The molecule has 2 aliphatic rings. The SMILES string of the molecule is CC(C)(C)C(=O)N[C@H](c1ccccn1)[C@H]1CCCN(Cc2cccc(OC3CCCC3)c2)C1. The molecule has 1 aromatic carbocycles. The van der Waals surface area contributed by atoms with E-state index in [0.717, 1.165) is 43.9 Å². The number of amides is 1. The van der Waals surface area contributed by atoms with E-state index in [1.807, 2.05) is 45.2 Å². The van der Waals surface area contributed by atoms with E-state index in [1.165, 1.54) is 31.2 Å². The van der Waals surface area contributed by atoms with Crippen LogP contribution in [0.2, 0.25) is 0 Å². The molecule has 1 aliphatic heterocycles. The largest absolute Gasteiger partial charge is 0.490 e. The molecule has 1 aromatic heterocycles. The smallest absolute Gasteiger partial charge is 0.225 e. The molecule has 0 unspecified atom stereocenters. The number of carbonyl (C=O) groups is 1. The van der Waals surface area contributed by atoms with Gasteiger partial charge in [-0.2, -0.15) is 0 Å². The first-order valence-electron chi connectivity index (χ1n) is 12.6. The van der Waals surface area contributed by atoms with E-state index in [9.17, 15) is 4.79 Å². The van der Waals surface area contributed by atoms with Crippen LogP contribution in [0.1, 0.15) is 76.6 Å². The highest BCUT2D eigenvalue weighted by atomic mass is 16.5. The number of ether oxygens (including phenoxy) is 1. The predicted molar refractivity (Wildman–Crippen MR) is 132 cm³/mol. The van der Waals surface area contributed by atoms with Gasteiger partial charge in [-0.25, -0.2) is 0 Å². The lowest BCUT2D eigenvalue weighted by Crippen LogP contribution is -2.45. The standard InChI is InChI=1S/C28H39N3O2/c1-28(2,3)27(32)30-26(25-15-6-7-16-29-25)22-11-9-17-31(20-22)19-21-10-8-14-24(18-21)33-23-12-4-5-13-23/h6-8,10,14-16,18,22-23,26H,4-5,9,11-13,17,19-20H2,1-3H3,(H,30,32)/t22-,26-/m0/s1. The molecule has 178 valence electrons.